The predicted molar refractivity (Wildman–Crippen MR) is 79.5 cm³/mol. The van der Waals surface area contributed by atoms with Crippen molar-refractivity contribution in [3.63, 3.8) is 0 Å². The Balaban J connectivity index is 2.05. The maximum absolute atomic E-state index is 12.4. The van der Waals surface area contributed by atoms with Crippen LogP contribution < -0.4 is 16.6 Å². The molecule has 0 aliphatic carbocycles. The first-order valence-electron chi connectivity index (χ1n) is 6.81. The molecule has 1 unspecified atom stereocenters. The van der Waals surface area contributed by atoms with E-state index in [0.29, 0.717) is 22.5 Å². The Morgan fingerprint density at radius 1 is 1.30 bits per heavy atom. The van der Waals surface area contributed by atoms with Crippen molar-refractivity contribution in [2.75, 3.05) is 6.54 Å². The van der Waals surface area contributed by atoms with Crippen molar-refractivity contribution in [3.8, 4) is 0 Å². The van der Waals surface area contributed by atoms with Crippen LogP contribution in [-0.2, 0) is 6.54 Å². The molecular weight excluding hydrogens is 278 g/mol. The van der Waals surface area contributed by atoms with Crippen molar-refractivity contribution in [3.05, 3.63) is 44.1 Å². The second-order valence-corrected chi connectivity index (χ2v) is 5.62. The first-order valence-corrected chi connectivity index (χ1v) is 7.19. The van der Waals surface area contributed by atoms with E-state index in [9.17, 15) is 9.59 Å². The van der Waals surface area contributed by atoms with E-state index in [0.717, 1.165) is 25.8 Å². The Bertz CT molecular complexity index is 744. The van der Waals surface area contributed by atoms with E-state index in [1.165, 1.54) is 4.57 Å². The summed E-state index contributed by atoms with van der Waals surface area (Å²) in [7, 11) is 0. The van der Waals surface area contributed by atoms with Crippen LogP contribution in [0, 0.1) is 0 Å². The second-order valence-electron chi connectivity index (χ2n) is 5.18. The van der Waals surface area contributed by atoms with Crippen molar-refractivity contribution in [2.24, 2.45) is 0 Å². The Labute approximate surface area is 120 Å². The van der Waals surface area contributed by atoms with Gasteiger partial charge in [0.1, 0.15) is 0 Å². The topological polar surface area (TPSA) is 66.9 Å². The molecule has 2 N–H and O–H groups in total. The zero-order valence-electron chi connectivity index (χ0n) is 11.0. The van der Waals surface area contributed by atoms with Crippen molar-refractivity contribution in [2.45, 2.75) is 31.8 Å². The van der Waals surface area contributed by atoms with Gasteiger partial charge in [-0.15, -0.1) is 0 Å². The van der Waals surface area contributed by atoms with Crippen LogP contribution >= 0.6 is 11.6 Å². The number of nitrogens with zero attached hydrogens (tertiary/aromatic N) is 1. The van der Waals surface area contributed by atoms with Gasteiger partial charge in [0.25, 0.3) is 5.56 Å². The van der Waals surface area contributed by atoms with Crippen molar-refractivity contribution in [1.82, 2.24) is 14.9 Å². The zero-order valence-corrected chi connectivity index (χ0v) is 11.7. The summed E-state index contributed by atoms with van der Waals surface area (Å²) in [5.41, 5.74) is -0.118. The molecule has 0 amide bonds. The Morgan fingerprint density at radius 3 is 2.90 bits per heavy atom. The number of piperidine rings is 1. The monoisotopic (exact) mass is 293 g/mol. The fraction of sp³-hybridized carbons (Fsp3) is 0.429. The Morgan fingerprint density at radius 2 is 2.15 bits per heavy atom. The number of H-pyrrole nitrogens is 1. The molecule has 2 aromatic rings. The largest absolute Gasteiger partial charge is 0.328 e. The first kappa shape index (κ1) is 13.4. The average Bonchev–Trinajstić information content (AvgIpc) is 2.46. The molecule has 0 spiro atoms. The maximum Gasteiger partial charge on any atom is 0.328 e. The van der Waals surface area contributed by atoms with E-state index in [1.54, 1.807) is 18.2 Å². The quantitative estimate of drug-likeness (QED) is 0.881. The number of benzene rings is 1. The van der Waals surface area contributed by atoms with Gasteiger partial charge in [-0.3, -0.25) is 9.36 Å². The van der Waals surface area contributed by atoms with Crippen molar-refractivity contribution < 1.29 is 0 Å². The van der Waals surface area contributed by atoms with Crippen molar-refractivity contribution >= 4 is 22.5 Å². The summed E-state index contributed by atoms with van der Waals surface area (Å²) in [5.74, 6) is 0. The van der Waals surface area contributed by atoms with Gasteiger partial charge in [0.15, 0.2) is 0 Å². The van der Waals surface area contributed by atoms with Gasteiger partial charge in [0.2, 0.25) is 0 Å². The lowest BCUT2D eigenvalue weighted by molar-refractivity contribution is 0.355. The van der Waals surface area contributed by atoms with Gasteiger partial charge in [-0.05, 0) is 37.6 Å². The summed E-state index contributed by atoms with van der Waals surface area (Å²) in [5, 5.41) is 4.28. The molecule has 1 aromatic heterocycles. The van der Waals surface area contributed by atoms with E-state index in [2.05, 4.69) is 10.3 Å². The summed E-state index contributed by atoms with van der Waals surface area (Å²) < 4.78 is 1.27. The summed E-state index contributed by atoms with van der Waals surface area (Å²) in [4.78, 5) is 27.2. The molecule has 20 heavy (non-hydrogen) atoms. The summed E-state index contributed by atoms with van der Waals surface area (Å²) in [6, 6.07) is 5.09. The first-order chi connectivity index (χ1) is 9.65. The van der Waals surface area contributed by atoms with Crippen LogP contribution in [0.4, 0.5) is 0 Å². The number of fused-ring (bicyclic) bond motifs is 1. The van der Waals surface area contributed by atoms with Gasteiger partial charge in [-0.2, -0.15) is 0 Å². The molecule has 1 saturated heterocycles. The highest BCUT2D eigenvalue weighted by Gasteiger charge is 2.16. The summed E-state index contributed by atoms with van der Waals surface area (Å²) in [6.07, 6.45) is 3.26. The highest BCUT2D eigenvalue weighted by Crippen LogP contribution is 2.14. The smallest absolute Gasteiger partial charge is 0.312 e. The second kappa shape index (κ2) is 5.42. The predicted octanol–water partition coefficient (Wildman–Crippen LogP) is 1.49. The van der Waals surface area contributed by atoms with Gasteiger partial charge in [0.05, 0.1) is 10.9 Å². The molecular formula is C14H16ClN3O2. The fourth-order valence-corrected chi connectivity index (χ4v) is 2.86. The third kappa shape index (κ3) is 2.51. The van der Waals surface area contributed by atoms with E-state index in [1.807, 2.05) is 0 Å². The number of halogens is 1. The number of rotatable bonds is 2. The molecule has 1 aromatic carbocycles. The standard InChI is InChI=1S/C14H16ClN3O2/c15-9-4-5-12-11(7-9)13(19)18(14(20)17-12)8-10-3-1-2-6-16-10/h4-5,7,10,16H,1-3,6,8H2,(H,17,20). The number of aromatic nitrogens is 2. The van der Waals surface area contributed by atoms with Crippen molar-refractivity contribution in [1.29, 1.82) is 0 Å². The highest BCUT2D eigenvalue weighted by atomic mass is 35.5. The third-order valence-electron chi connectivity index (χ3n) is 3.76. The van der Waals surface area contributed by atoms with Crippen LogP contribution in [0.25, 0.3) is 10.9 Å². The van der Waals surface area contributed by atoms with Crippen LogP contribution in [0.15, 0.2) is 27.8 Å². The van der Waals surface area contributed by atoms with Gasteiger partial charge in [0, 0.05) is 17.6 Å². The average molecular weight is 294 g/mol. The number of hydrogen-bond donors (Lipinski definition) is 2. The van der Waals surface area contributed by atoms with E-state index in [-0.39, 0.29) is 17.3 Å². The molecule has 0 radical (unpaired) electrons. The number of nitrogens with one attached hydrogen (secondary N) is 2. The lowest BCUT2D eigenvalue weighted by Crippen LogP contribution is -2.44. The lowest BCUT2D eigenvalue weighted by atomic mass is 10.1. The van der Waals surface area contributed by atoms with Crippen LogP contribution in [0.2, 0.25) is 5.02 Å². The Hall–Kier alpha value is -1.59. The zero-order chi connectivity index (χ0) is 14.1. The molecule has 6 heteroatoms. The van der Waals surface area contributed by atoms with E-state index >= 15 is 0 Å². The van der Waals surface area contributed by atoms with Crippen LogP contribution in [0.3, 0.4) is 0 Å². The van der Waals surface area contributed by atoms with Gasteiger partial charge < -0.3 is 10.3 Å². The SMILES string of the molecule is O=c1[nH]c2ccc(Cl)cc2c(=O)n1CC1CCCCN1. The minimum Gasteiger partial charge on any atom is -0.312 e. The summed E-state index contributed by atoms with van der Waals surface area (Å²) >= 11 is 5.92. The van der Waals surface area contributed by atoms with Crippen LogP contribution in [-0.4, -0.2) is 22.1 Å². The molecule has 1 aliphatic rings. The molecule has 2 heterocycles. The molecule has 1 aliphatic heterocycles. The van der Waals surface area contributed by atoms with Gasteiger partial charge >= 0.3 is 5.69 Å². The van der Waals surface area contributed by atoms with Gasteiger partial charge in [-0.1, -0.05) is 18.0 Å². The fourth-order valence-electron chi connectivity index (χ4n) is 2.69. The number of aromatic amines is 1. The third-order valence-corrected chi connectivity index (χ3v) is 3.99. The molecule has 0 saturated carbocycles. The minimum atomic E-state index is -0.364. The molecule has 106 valence electrons. The van der Waals surface area contributed by atoms with E-state index < -0.39 is 0 Å². The number of hydrogen-bond acceptors (Lipinski definition) is 3. The highest BCUT2D eigenvalue weighted by molar-refractivity contribution is 6.31. The van der Waals surface area contributed by atoms with E-state index in [4.69, 9.17) is 11.6 Å². The normalized spacial score (nSPS) is 19.4. The van der Waals surface area contributed by atoms with Gasteiger partial charge in [-0.25, -0.2) is 4.79 Å². The summed E-state index contributed by atoms with van der Waals surface area (Å²) in [6.45, 7) is 1.34. The molecule has 5 nitrogen and oxygen atoms in total. The molecule has 0 bridgehead atoms. The Kier molecular flexibility index (Phi) is 3.63. The molecule has 1 fully saturated rings. The van der Waals surface area contributed by atoms with Crippen LogP contribution in [0.1, 0.15) is 19.3 Å². The minimum absolute atomic E-state index is 0.180. The maximum atomic E-state index is 12.4. The molecule has 1 atom stereocenters. The van der Waals surface area contributed by atoms with Crippen LogP contribution in [0.5, 0.6) is 0 Å². The lowest BCUT2D eigenvalue weighted by Gasteiger charge is -2.23. The molecule has 3 rings (SSSR count).